The van der Waals surface area contributed by atoms with Gasteiger partial charge in [-0.1, -0.05) is 6.07 Å². The lowest BCUT2D eigenvalue weighted by molar-refractivity contribution is 0.707. The quantitative estimate of drug-likeness (QED) is 0.638. The topological polar surface area (TPSA) is 32.7 Å². The van der Waals surface area contributed by atoms with Gasteiger partial charge in [0, 0.05) is 6.54 Å². The van der Waals surface area contributed by atoms with E-state index in [-0.39, 0.29) is 0 Å². The summed E-state index contributed by atoms with van der Waals surface area (Å²) in [6, 6.07) is 4.05. The molecule has 74 valence electrons. The Morgan fingerprint density at radius 3 is 2.86 bits per heavy atom. The number of aryl methyl sites for hydroxylation is 1. The summed E-state index contributed by atoms with van der Waals surface area (Å²) >= 11 is 0. The zero-order valence-electron chi connectivity index (χ0n) is 8.58. The van der Waals surface area contributed by atoms with E-state index in [0.29, 0.717) is 0 Å². The molecule has 0 atom stereocenters. The average Bonchev–Trinajstić information content (AvgIpc) is 2.23. The number of fused-ring (bicyclic) bond motifs is 1. The van der Waals surface area contributed by atoms with E-state index in [9.17, 15) is 4.91 Å². The van der Waals surface area contributed by atoms with Gasteiger partial charge in [0.15, 0.2) is 0 Å². The minimum atomic E-state index is 0.749. The SMILES string of the molecule is Cc1ccc2c(c1C)CCCN2N=O. The van der Waals surface area contributed by atoms with Gasteiger partial charge in [-0.25, -0.2) is 5.01 Å². The van der Waals surface area contributed by atoms with Crippen LogP contribution in [0.1, 0.15) is 23.1 Å². The van der Waals surface area contributed by atoms with Gasteiger partial charge in [0.1, 0.15) is 0 Å². The molecule has 0 fully saturated rings. The number of anilines is 1. The zero-order valence-corrected chi connectivity index (χ0v) is 8.58. The Bertz CT molecular complexity index is 374. The number of hydrogen-bond acceptors (Lipinski definition) is 2. The smallest absolute Gasteiger partial charge is 0.0661 e. The van der Waals surface area contributed by atoms with E-state index in [1.807, 2.05) is 6.07 Å². The first-order valence-corrected chi connectivity index (χ1v) is 4.94. The van der Waals surface area contributed by atoms with Crippen LogP contribution in [0.3, 0.4) is 0 Å². The van der Waals surface area contributed by atoms with Crippen molar-refractivity contribution in [3.05, 3.63) is 33.7 Å². The first-order valence-electron chi connectivity index (χ1n) is 4.94. The summed E-state index contributed by atoms with van der Waals surface area (Å²) in [5.74, 6) is 0. The third-order valence-electron chi connectivity index (χ3n) is 3.02. The Kier molecular flexibility index (Phi) is 2.23. The normalized spacial score (nSPS) is 15.1. The predicted molar refractivity (Wildman–Crippen MR) is 57.4 cm³/mol. The summed E-state index contributed by atoms with van der Waals surface area (Å²) in [7, 11) is 0. The first-order chi connectivity index (χ1) is 6.74. The molecule has 14 heavy (non-hydrogen) atoms. The van der Waals surface area contributed by atoms with Crippen LogP contribution >= 0.6 is 0 Å². The Hall–Kier alpha value is -1.38. The molecule has 1 aliphatic rings. The Labute approximate surface area is 83.7 Å². The van der Waals surface area contributed by atoms with Crippen LogP contribution < -0.4 is 5.01 Å². The summed E-state index contributed by atoms with van der Waals surface area (Å²) in [6.45, 7) is 4.96. The van der Waals surface area contributed by atoms with Gasteiger partial charge >= 0.3 is 0 Å². The van der Waals surface area contributed by atoms with Gasteiger partial charge < -0.3 is 0 Å². The lowest BCUT2D eigenvalue weighted by atomic mass is 9.95. The van der Waals surface area contributed by atoms with Crippen LogP contribution in [0, 0.1) is 18.8 Å². The second-order valence-electron chi connectivity index (χ2n) is 3.81. The molecule has 0 amide bonds. The largest absolute Gasteiger partial charge is 0.229 e. The van der Waals surface area contributed by atoms with E-state index in [1.54, 1.807) is 5.01 Å². The van der Waals surface area contributed by atoms with Gasteiger partial charge in [0.2, 0.25) is 0 Å². The van der Waals surface area contributed by atoms with Gasteiger partial charge in [-0.2, -0.15) is 0 Å². The molecule has 2 rings (SSSR count). The number of benzene rings is 1. The maximum Gasteiger partial charge on any atom is 0.0661 e. The second-order valence-corrected chi connectivity index (χ2v) is 3.81. The van der Waals surface area contributed by atoms with Crippen LogP contribution in [0.4, 0.5) is 5.69 Å². The highest BCUT2D eigenvalue weighted by Crippen LogP contribution is 2.31. The molecular formula is C11H14N2O. The zero-order chi connectivity index (χ0) is 10.1. The maximum atomic E-state index is 10.6. The van der Waals surface area contributed by atoms with Crippen molar-refractivity contribution in [2.45, 2.75) is 26.7 Å². The number of nitrogens with zero attached hydrogens (tertiary/aromatic N) is 2. The second kappa shape index (κ2) is 3.40. The van der Waals surface area contributed by atoms with Crippen LogP contribution in [0.15, 0.2) is 17.4 Å². The Morgan fingerprint density at radius 2 is 2.14 bits per heavy atom. The highest BCUT2D eigenvalue weighted by molar-refractivity contribution is 5.59. The molecule has 0 unspecified atom stereocenters. The summed E-state index contributed by atoms with van der Waals surface area (Å²) in [6.07, 6.45) is 2.08. The van der Waals surface area contributed by atoms with Gasteiger partial charge in [0.25, 0.3) is 0 Å². The lowest BCUT2D eigenvalue weighted by Crippen LogP contribution is -2.24. The highest BCUT2D eigenvalue weighted by atomic mass is 16.3. The van der Waals surface area contributed by atoms with E-state index < -0.39 is 0 Å². The van der Waals surface area contributed by atoms with Gasteiger partial charge in [-0.15, -0.1) is 4.91 Å². The molecule has 0 aromatic heterocycles. The molecule has 0 bridgehead atoms. The molecule has 1 aromatic rings. The van der Waals surface area contributed by atoms with E-state index >= 15 is 0 Å². The van der Waals surface area contributed by atoms with Crippen LogP contribution in [-0.2, 0) is 6.42 Å². The van der Waals surface area contributed by atoms with Crippen molar-refractivity contribution in [2.24, 2.45) is 5.29 Å². The Balaban J connectivity index is 2.55. The van der Waals surface area contributed by atoms with Crippen molar-refractivity contribution in [3.63, 3.8) is 0 Å². The molecule has 0 saturated carbocycles. The molecular weight excluding hydrogens is 176 g/mol. The first kappa shape index (κ1) is 9.19. The standard InChI is InChI=1S/C11H14N2O/c1-8-5-6-11-10(9(8)2)4-3-7-13(11)12-14/h5-6H,3-4,7H2,1-2H3. The van der Waals surface area contributed by atoms with Gasteiger partial charge in [-0.3, -0.25) is 0 Å². The van der Waals surface area contributed by atoms with Gasteiger partial charge in [0.05, 0.1) is 11.0 Å². The van der Waals surface area contributed by atoms with Crippen molar-refractivity contribution < 1.29 is 0 Å². The highest BCUT2D eigenvalue weighted by Gasteiger charge is 2.19. The van der Waals surface area contributed by atoms with Crippen LogP contribution in [-0.4, -0.2) is 6.54 Å². The number of nitroso groups, excluding NO2 is 1. The van der Waals surface area contributed by atoms with Crippen molar-refractivity contribution in [1.29, 1.82) is 0 Å². The molecule has 0 saturated heterocycles. The van der Waals surface area contributed by atoms with Crippen LogP contribution in [0.25, 0.3) is 0 Å². The third-order valence-corrected chi connectivity index (χ3v) is 3.02. The fourth-order valence-electron chi connectivity index (χ4n) is 2.03. The van der Waals surface area contributed by atoms with E-state index in [0.717, 1.165) is 25.1 Å². The van der Waals surface area contributed by atoms with Crippen LogP contribution in [0.2, 0.25) is 0 Å². The average molecular weight is 190 g/mol. The number of rotatable bonds is 1. The van der Waals surface area contributed by atoms with Crippen molar-refractivity contribution in [2.75, 3.05) is 11.6 Å². The van der Waals surface area contributed by atoms with Gasteiger partial charge in [-0.05, 0) is 49.4 Å². The monoisotopic (exact) mass is 190 g/mol. The van der Waals surface area contributed by atoms with E-state index in [2.05, 4.69) is 25.2 Å². The van der Waals surface area contributed by atoms with Crippen molar-refractivity contribution in [1.82, 2.24) is 0 Å². The molecule has 1 aliphatic heterocycles. The maximum absolute atomic E-state index is 10.6. The fourth-order valence-corrected chi connectivity index (χ4v) is 2.03. The molecule has 3 heteroatoms. The molecule has 0 radical (unpaired) electrons. The lowest BCUT2D eigenvalue weighted by Gasteiger charge is -2.26. The Morgan fingerprint density at radius 1 is 1.36 bits per heavy atom. The number of hydrogen-bond donors (Lipinski definition) is 0. The molecule has 0 spiro atoms. The summed E-state index contributed by atoms with van der Waals surface area (Å²) in [5, 5.41) is 4.60. The molecule has 0 aliphatic carbocycles. The molecule has 1 aromatic carbocycles. The van der Waals surface area contributed by atoms with E-state index in [4.69, 9.17) is 0 Å². The minimum absolute atomic E-state index is 0.749. The summed E-state index contributed by atoms with van der Waals surface area (Å²) in [4.78, 5) is 10.6. The summed E-state index contributed by atoms with van der Waals surface area (Å²) in [5.41, 5.74) is 4.87. The summed E-state index contributed by atoms with van der Waals surface area (Å²) < 4.78 is 0. The van der Waals surface area contributed by atoms with Crippen molar-refractivity contribution >= 4 is 5.69 Å². The predicted octanol–water partition coefficient (Wildman–Crippen LogP) is 2.74. The third kappa shape index (κ3) is 1.29. The fraction of sp³-hybridized carbons (Fsp3) is 0.455. The molecule has 1 heterocycles. The molecule has 3 nitrogen and oxygen atoms in total. The van der Waals surface area contributed by atoms with Crippen LogP contribution in [0.5, 0.6) is 0 Å². The molecule has 0 N–H and O–H groups in total. The van der Waals surface area contributed by atoms with Crippen molar-refractivity contribution in [3.8, 4) is 0 Å². The van der Waals surface area contributed by atoms with E-state index in [1.165, 1.54) is 16.7 Å². The minimum Gasteiger partial charge on any atom is -0.229 e.